The first-order valence-corrected chi connectivity index (χ1v) is 9.57. The SMILES string of the molecule is O=C1C=CC=NC1N=CCCCN1CCN(c2cccc(Cl)c2Cl)CC1. The third kappa shape index (κ3) is 4.93. The summed E-state index contributed by atoms with van der Waals surface area (Å²) in [7, 11) is 0. The van der Waals surface area contributed by atoms with Crippen LogP contribution >= 0.6 is 23.2 Å². The van der Waals surface area contributed by atoms with E-state index >= 15 is 0 Å². The number of hydrogen-bond acceptors (Lipinski definition) is 5. The molecule has 1 aromatic rings. The van der Waals surface area contributed by atoms with E-state index in [1.807, 2.05) is 24.4 Å². The number of aliphatic imine (C=N–C) groups is 2. The summed E-state index contributed by atoms with van der Waals surface area (Å²) in [6.45, 7) is 4.88. The molecule has 0 aromatic heterocycles. The number of rotatable bonds is 6. The van der Waals surface area contributed by atoms with E-state index in [1.54, 1.807) is 12.3 Å². The molecular formula is C19H22Cl2N4O. The van der Waals surface area contributed by atoms with E-state index in [2.05, 4.69) is 19.8 Å². The Labute approximate surface area is 164 Å². The molecule has 0 spiro atoms. The molecule has 2 aliphatic heterocycles. The van der Waals surface area contributed by atoms with Crippen LogP contribution in [-0.2, 0) is 4.79 Å². The Morgan fingerprint density at radius 3 is 2.81 bits per heavy atom. The summed E-state index contributed by atoms with van der Waals surface area (Å²) in [4.78, 5) is 24.6. The third-order valence-corrected chi connectivity index (χ3v) is 5.34. The van der Waals surface area contributed by atoms with Crippen LogP contribution in [0.5, 0.6) is 0 Å². The van der Waals surface area contributed by atoms with Crippen molar-refractivity contribution in [2.24, 2.45) is 9.98 Å². The number of halogens is 2. The first kappa shape index (κ1) is 19.1. The van der Waals surface area contributed by atoms with Crippen molar-refractivity contribution in [3.8, 4) is 0 Å². The molecule has 1 fully saturated rings. The van der Waals surface area contributed by atoms with Crippen LogP contribution in [0.25, 0.3) is 0 Å². The fraction of sp³-hybridized carbons (Fsp3) is 0.421. The summed E-state index contributed by atoms with van der Waals surface area (Å²) in [5.41, 5.74) is 1.01. The Morgan fingerprint density at radius 1 is 1.23 bits per heavy atom. The second kappa shape index (κ2) is 9.31. The highest BCUT2D eigenvalue weighted by Gasteiger charge is 2.19. The van der Waals surface area contributed by atoms with Crippen LogP contribution in [0, 0.1) is 0 Å². The number of carbonyl (C=O) groups is 1. The number of nitrogens with zero attached hydrogens (tertiary/aromatic N) is 4. The minimum Gasteiger partial charge on any atom is -0.368 e. The zero-order valence-corrected chi connectivity index (χ0v) is 16.0. The fourth-order valence-electron chi connectivity index (χ4n) is 3.07. The molecule has 26 heavy (non-hydrogen) atoms. The van der Waals surface area contributed by atoms with Gasteiger partial charge in [0.1, 0.15) is 0 Å². The molecule has 0 aliphatic carbocycles. The fourth-order valence-corrected chi connectivity index (χ4v) is 3.49. The molecule has 0 N–H and O–H groups in total. The number of ketones is 1. The number of benzene rings is 1. The smallest absolute Gasteiger partial charge is 0.202 e. The van der Waals surface area contributed by atoms with Gasteiger partial charge >= 0.3 is 0 Å². The summed E-state index contributed by atoms with van der Waals surface area (Å²) < 4.78 is 0. The maximum Gasteiger partial charge on any atom is 0.202 e. The molecule has 2 aliphatic rings. The minimum absolute atomic E-state index is 0.0560. The number of allylic oxidation sites excluding steroid dienone is 1. The molecule has 1 saturated heterocycles. The molecule has 1 aromatic carbocycles. The van der Waals surface area contributed by atoms with Crippen LogP contribution in [0.15, 0.2) is 40.3 Å². The number of piperazine rings is 1. The number of unbranched alkanes of at least 4 members (excludes halogenated alkanes) is 1. The molecule has 5 nitrogen and oxygen atoms in total. The van der Waals surface area contributed by atoms with E-state index in [0.29, 0.717) is 10.0 Å². The van der Waals surface area contributed by atoms with Gasteiger partial charge < -0.3 is 4.90 Å². The predicted octanol–water partition coefficient (Wildman–Crippen LogP) is 3.50. The maximum absolute atomic E-state index is 11.6. The lowest BCUT2D eigenvalue weighted by Crippen LogP contribution is -2.46. The Kier molecular flexibility index (Phi) is 6.83. The summed E-state index contributed by atoms with van der Waals surface area (Å²) in [6.07, 6.45) is 7.89. The molecule has 0 bridgehead atoms. The second-order valence-electron chi connectivity index (χ2n) is 6.31. The average Bonchev–Trinajstić information content (AvgIpc) is 2.66. The van der Waals surface area contributed by atoms with Gasteiger partial charge in [-0.3, -0.25) is 19.7 Å². The molecule has 1 unspecified atom stereocenters. The lowest BCUT2D eigenvalue weighted by Gasteiger charge is -2.36. The van der Waals surface area contributed by atoms with Gasteiger partial charge in [-0.1, -0.05) is 29.3 Å². The maximum atomic E-state index is 11.6. The summed E-state index contributed by atoms with van der Waals surface area (Å²) in [6, 6.07) is 5.77. The molecule has 0 amide bonds. The Balaban J connectivity index is 1.38. The van der Waals surface area contributed by atoms with Gasteiger partial charge in [-0.15, -0.1) is 0 Å². The van der Waals surface area contributed by atoms with Gasteiger partial charge in [-0.2, -0.15) is 0 Å². The van der Waals surface area contributed by atoms with Crippen molar-refractivity contribution < 1.29 is 4.79 Å². The van der Waals surface area contributed by atoms with Gasteiger partial charge in [0.25, 0.3) is 0 Å². The van der Waals surface area contributed by atoms with Gasteiger partial charge in [-0.05, 0) is 43.7 Å². The van der Waals surface area contributed by atoms with Crippen molar-refractivity contribution in [3.05, 3.63) is 40.4 Å². The lowest BCUT2D eigenvalue weighted by molar-refractivity contribution is -0.115. The van der Waals surface area contributed by atoms with Crippen molar-refractivity contribution in [2.75, 3.05) is 37.6 Å². The topological polar surface area (TPSA) is 48.3 Å². The number of carbonyl (C=O) groups excluding carboxylic acids is 1. The monoisotopic (exact) mass is 392 g/mol. The van der Waals surface area contributed by atoms with Crippen molar-refractivity contribution >= 4 is 47.1 Å². The van der Waals surface area contributed by atoms with Crippen molar-refractivity contribution in [1.29, 1.82) is 0 Å². The first-order chi connectivity index (χ1) is 12.6. The van der Waals surface area contributed by atoms with E-state index in [1.165, 1.54) is 6.08 Å². The molecule has 7 heteroatoms. The van der Waals surface area contributed by atoms with Crippen LogP contribution in [0.3, 0.4) is 0 Å². The molecule has 3 rings (SSSR count). The second-order valence-corrected chi connectivity index (χ2v) is 7.09. The summed E-state index contributed by atoms with van der Waals surface area (Å²) in [5, 5.41) is 1.23. The van der Waals surface area contributed by atoms with E-state index in [9.17, 15) is 4.79 Å². The molecule has 2 heterocycles. The lowest BCUT2D eigenvalue weighted by atomic mass is 10.2. The van der Waals surface area contributed by atoms with Crippen LogP contribution in [0.1, 0.15) is 12.8 Å². The third-order valence-electron chi connectivity index (χ3n) is 4.53. The summed E-state index contributed by atoms with van der Waals surface area (Å²) >= 11 is 12.4. The van der Waals surface area contributed by atoms with Crippen LogP contribution in [0.4, 0.5) is 5.69 Å². The zero-order valence-electron chi connectivity index (χ0n) is 14.5. The summed E-state index contributed by atoms with van der Waals surface area (Å²) in [5.74, 6) is -0.0560. The molecule has 0 radical (unpaired) electrons. The van der Waals surface area contributed by atoms with Gasteiger partial charge in [0.05, 0.1) is 15.7 Å². The van der Waals surface area contributed by atoms with Gasteiger partial charge in [-0.25, -0.2) is 0 Å². The minimum atomic E-state index is -0.578. The highest BCUT2D eigenvalue weighted by Crippen LogP contribution is 2.32. The zero-order chi connectivity index (χ0) is 18.4. The van der Waals surface area contributed by atoms with Gasteiger partial charge in [0.15, 0.2) is 0 Å². The normalized spacial score (nSPS) is 21.1. The predicted molar refractivity (Wildman–Crippen MR) is 109 cm³/mol. The van der Waals surface area contributed by atoms with Crippen LogP contribution in [0.2, 0.25) is 10.0 Å². The van der Waals surface area contributed by atoms with Crippen LogP contribution < -0.4 is 4.90 Å². The largest absolute Gasteiger partial charge is 0.368 e. The van der Waals surface area contributed by atoms with Gasteiger partial charge in [0, 0.05) is 38.6 Å². The van der Waals surface area contributed by atoms with Crippen molar-refractivity contribution in [2.45, 2.75) is 19.0 Å². The van der Waals surface area contributed by atoms with E-state index in [-0.39, 0.29) is 5.78 Å². The highest BCUT2D eigenvalue weighted by molar-refractivity contribution is 6.43. The standard InChI is InChI=1S/C19H22Cl2N4O/c20-15-5-3-6-16(18(15)21)25-13-11-24(12-14-25)10-2-1-8-22-19-17(26)7-4-9-23-19/h3-9,19H,1-2,10-14H2. The molecule has 1 atom stereocenters. The van der Waals surface area contributed by atoms with E-state index < -0.39 is 6.17 Å². The van der Waals surface area contributed by atoms with Crippen molar-refractivity contribution in [3.63, 3.8) is 0 Å². The van der Waals surface area contributed by atoms with Gasteiger partial charge in [0.2, 0.25) is 11.9 Å². The molecular weight excluding hydrogens is 371 g/mol. The molecule has 0 saturated carbocycles. The van der Waals surface area contributed by atoms with E-state index in [4.69, 9.17) is 23.2 Å². The van der Waals surface area contributed by atoms with Crippen molar-refractivity contribution in [1.82, 2.24) is 4.90 Å². The van der Waals surface area contributed by atoms with E-state index in [0.717, 1.165) is 51.3 Å². The quantitative estimate of drug-likeness (QED) is 0.549. The Hall–Kier alpha value is -1.69. The first-order valence-electron chi connectivity index (χ1n) is 8.82. The van der Waals surface area contributed by atoms with Crippen LogP contribution in [-0.4, -0.2) is 62.0 Å². The number of hydrogen-bond donors (Lipinski definition) is 0. The number of dihydropyridines is 1. The number of anilines is 1. The Bertz CT molecular complexity index is 724. The Morgan fingerprint density at radius 2 is 2.04 bits per heavy atom. The molecule has 138 valence electrons. The average molecular weight is 393 g/mol. The highest BCUT2D eigenvalue weighted by atomic mass is 35.5.